The van der Waals surface area contributed by atoms with Crippen LogP contribution in [0.1, 0.15) is 91.9 Å². The molecule has 0 aliphatic heterocycles. The van der Waals surface area contributed by atoms with Crippen molar-refractivity contribution in [1.29, 1.82) is 0 Å². The second kappa shape index (κ2) is 15.8. The maximum absolute atomic E-state index is 14.1. The maximum Gasteiger partial charge on any atom is 0.279 e. The minimum absolute atomic E-state index is 0.131. The number of carbonyl (C=O) groups excluding carboxylic acids is 1. The van der Waals surface area contributed by atoms with Crippen molar-refractivity contribution in [2.24, 2.45) is 0 Å². The van der Waals surface area contributed by atoms with Gasteiger partial charge in [0.05, 0.1) is 11.9 Å². The normalized spacial score (nSPS) is 12.1. The van der Waals surface area contributed by atoms with Crippen LogP contribution in [0.15, 0.2) is 71.7 Å². The van der Waals surface area contributed by atoms with Gasteiger partial charge < -0.3 is 4.74 Å². The third-order valence-electron chi connectivity index (χ3n) is 7.66. The van der Waals surface area contributed by atoms with Gasteiger partial charge in [0.25, 0.3) is 11.5 Å². The summed E-state index contributed by atoms with van der Waals surface area (Å²) in [5.41, 5.74) is 4.59. The Morgan fingerprint density at radius 3 is 2.15 bits per heavy atom. The first-order chi connectivity index (χ1) is 22.1. The number of sulfonamides is 1. The molecule has 9 nitrogen and oxygen atoms in total. The van der Waals surface area contributed by atoms with Crippen molar-refractivity contribution in [2.45, 2.75) is 85.2 Å². The molecule has 10 heteroatoms. The van der Waals surface area contributed by atoms with Crippen LogP contribution < -0.4 is 15.0 Å². The summed E-state index contributed by atoms with van der Waals surface area (Å²) in [4.78, 5) is 36.7. The zero-order valence-electron chi connectivity index (χ0n) is 27.4. The van der Waals surface area contributed by atoms with Crippen molar-refractivity contribution in [1.82, 2.24) is 19.3 Å². The van der Waals surface area contributed by atoms with E-state index in [-0.39, 0.29) is 5.56 Å². The first kappa shape index (κ1) is 34.6. The predicted molar refractivity (Wildman–Crippen MR) is 181 cm³/mol. The van der Waals surface area contributed by atoms with Gasteiger partial charge in [-0.3, -0.25) is 9.59 Å². The van der Waals surface area contributed by atoms with E-state index >= 15 is 0 Å². The van der Waals surface area contributed by atoms with E-state index in [9.17, 15) is 18.0 Å². The van der Waals surface area contributed by atoms with Crippen molar-refractivity contribution in [2.75, 3.05) is 6.26 Å². The first-order valence-corrected chi connectivity index (χ1v) is 17.9. The second-order valence-electron chi connectivity index (χ2n) is 11.6. The quantitative estimate of drug-likeness (QED) is 0.169. The summed E-state index contributed by atoms with van der Waals surface area (Å²) in [5, 5.41) is 0. The molecule has 0 spiro atoms. The largest absolute Gasteiger partial charge is 0.475 e. The Balaban J connectivity index is 1.84. The third-order valence-corrected chi connectivity index (χ3v) is 8.23. The minimum Gasteiger partial charge on any atom is -0.475 e. The number of unbranched alkanes of at least 4 members (excludes halogenated alkanes) is 1. The van der Waals surface area contributed by atoms with Gasteiger partial charge in [-0.05, 0) is 61.4 Å². The number of nitrogens with one attached hydrogen (secondary N) is 1. The summed E-state index contributed by atoms with van der Waals surface area (Å²) < 4.78 is 34.2. The van der Waals surface area contributed by atoms with Gasteiger partial charge in [0.1, 0.15) is 17.4 Å². The van der Waals surface area contributed by atoms with Gasteiger partial charge in [-0.1, -0.05) is 88.6 Å². The summed E-state index contributed by atoms with van der Waals surface area (Å²) in [6.45, 7) is 8.09. The molecule has 1 unspecified atom stereocenters. The highest BCUT2D eigenvalue weighted by molar-refractivity contribution is 7.89. The van der Waals surface area contributed by atoms with Gasteiger partial charge in [-0.25, -0.2) is 27.7 Å². The lowest BCUT2D eigenvalue weighted by molar-refractivity contribution is -0.126. The lowest BCUT2D eigenvalue weighted by Gasteiger charge is -2.24. The highest BCUT2D eigenvalue weighted by atomic mass is 32.2. The lowest BCUT2D eigenvalue weighted by Crippen LogP contribution is -2.36. The molecule has 0 bridgehead atoms. The Labute approximate surface area is 272 Å². The molecule has 0 saturated carbocycles. The van der Waals surface area contributed by atoms with Gasteiger partial charge in [0.15, 0.2) is 0 Å². The molecule has 0 aliphatic rings. The number of ether oxygens (including phenoxy) is 1. The molecule has 0 aliphatic carbocycles. The topological polar surface area (TPSA) is 120 Å². The monoisotopic (exact) mass is 644 g/mol. The number of rotatable bonds is 15. The molecule has 1 amide bonds. The molecule has 0 fully saturated rings. The van der Waals surface area contributed by atoms with Crippen molar-refractivity contribution in [3.63, 3.8) is 0 Å². The Bertz CT molecular complexity index is 1780. The SMILES string of the molecule is CCCCc1nc(C)n(-c2ccccn2)c(=O)c1Cc1cc(CCC)c(OC(C(=O)NS(C)(=O)=O)c2ccccc2)c(CCC)c1. The van der Waals surface area contributed by atoms with Gasteiger partial charge in [0, 0.05) is 23.7 Å². The molecule has 244 valence electrons. The van der Waals surface area contributed by atoms with Crippen molar-refractivity contribution >= 4 is 15.9 Å². The summed E-state index contributed by atoms with van der Waals surface area (Å²) in [6, 6.07) is 18.4. The zero-order valence-corrected chi connectivity index (χ0v) is 28.2. The molecular weight excluding hydrogens is 600 g/mol. The van der Waals surface area contributed by atoms with Crippen LogP contribution in [0.25, 0.3) is 5.82 Å². The number of pyridine rings is 1. The van der Waals surface area contributed by atoms with Crippen molar-refractivity contribution in [3.05, 3.63) is 117 Å². The Morgan fingerprint density at radius 2 is 1.59 bits per heavy atom. The van der Waals surface area contributed by atoms with E-state index in [1.165, 1.54) is 0 Å². The molecule has 2 heterocycles. The van der Waals surface area contributed by atoms with E-state index in [4.69, 9.17) is 9.72 Å². The molecule has 2 aromatic carbocycles. The highest BCUT2D eigenvalue weighted by Gasteiger charge is 2.28. The number of amides is 1. The summed E-state index contributed by atoms with van der Waals surface area (Å²) in [6.07, 6.45) is 7.37. The smallest absolute Gasteiger partial charge is 0.279 e. The van der Waals surface area contributed by atoms with E-state index in [2.05, 4.69) is 30.5 Å². The molecule has 2 aromatic heterocycles. The summed E-state index contributed by atoms with van der Waals surface area (Å²) >= 11 is 0. The highest BCUT2D eigenvalue weighted by Crippen LogP contribution is 2.34. The molecule has 1 N–H and O–H groups in total. The molecule has 4 rings (SSSR count). The molecule has 46 heavy (non-hydrogen) atoms. The standard InChI is InChI=1S/C36H44N4O5S/c1-6-9-19-31-30(36(42)40(25(4)38-31)32-20-13-14-21-37-32)24-26-22-28(15-7-2)33(29(23-26)16-8-3)45-34(27-17-11-10-12-18-27)35(41)39-46(5,43)44/h10-14,17-18,20-23,34H,6-9,15-16,19,24H2,1-5H3,(H,39,41). The fourth-order valence-electron chi connectivity index (χ4n) is 5.65. The number of aromatic nitrogens is 3. The predicted octanol–water partition coefficient (Wildman–Crippen LogP) is 5.97. The van der Waals surface area contributed by atoms with E-state index in [1.54, 1.807) is 41.1 Å². The molecule has 4 aromatic rings. The average Bonchev–Trinajstić information content (AvgIpc) is 3.01. The van der Waals surface area contributed by atoms with Crippen LogP contribution in [-0.2, 0) is 40.5 Å². The molecule has 0 saturated heterocycles. The summed E-state index contributed by atoms with van der Waals surface area (Å²) in [7, 11) is -3.81. The van der Waals surface area contributed by atoms with Gasteiger partial charge in [-0.2, -0.15) is 0 Å². The van der Waals surface area contributed by atoms with Crippen LogP contribution >= 0.6 is 0 Å². The van der Waals surface area contributed by atoms with Gasteiger partial charge in [-0.15, -0.1) is 0 Å². The fraction of sp³-hybridized carbons (Fsp3) is 0.389. The number of aryl methyl sites for hydroxylation is 4. The van der Waals surface area contributed by atoms with Crippen LogP contribution in [-0.4, -0.2) is 35.1 Å². The average molecular weight is 645 g/mol. The number of nitrogens with zero attached hydrogens (tertiary/aromatic N) is 3. The summed E-state index contributed by atoms with van der Waals surface area (Å²) in [5.74, 6) is 0.940. The number of benzene rings is 2. The van der Waals surface area contributed by atoms with E-state index < -0.39 is 22.0 Å². The second-order valence-corrected chi connectivity index (χ2v) is 13.3. The fourth-order valence-corrected chi connectivity index (χ4v) is 6.12. The van der Waals surface area contributed by atoms with Gasteiger partial charge >= 0.3 is 0 Å². The van der Waals surface area contributed by atoms with Crippen LogP contribution in [0.3, 0.4) is 0 Å². The van der Waals surface area contributed by atoms with E-state index in [0.717, 1.165) is 54.3 Å². The van der Waals surface area contributed by atoms with Gasteiger partial charge in [0.2, 0.25) is 16.1 Å². The van der Waals surface area contributed by atoms with E-state index in [0.29, 0.717) is 54.2 Å². The van der Waals surface area contributed by atoms with Crippen LogP contribution in [0, 0.1) is 6.92 Å². The Kier molecular flexibility index (Phi) is 11.9. The van der Waals surface area contributed by atoms with Crippen molar-refractivity contribution in [3.8, 4) is 11.6 Å². The Hall–Kier alpha value is -4.31. The lowest BCUT2D eigenvalue weighted by atomic mass is 9.94. The molecule has 0 radical (unpaired) electrons. The van der Waals surface area contributed by atoms with Crippen LogP contribution in [0.4, 0.5) is 0 Å². The number of carbonyl (C=O) groups is 1. The zero-order chi connectivity index (χ0) is 33.3. The van der Waals surface area contributed by atoms with E-state index in [1.807, 2.05) is 37.3 Å². The van der Waals surface area contributed by atoms with Crippen molar-refractivity contribution < 1.29 is 17.9 Å². The molecular formula is C36H44N4O5S. The Morgan fingerprint density at radius 1 is 0.935 bits per heavy atom. The molecule has 1 atom stereocenters. The number of hydrogen-bond donors (Lipinski definition) is 1. The van der Waals surface area contributed by atoms with Crippen LogP contribution in [0.2, 0.25) is 0 Å². The number of hydrogen-bond acceptors (Lipinski definition) is 7. The minimum atomic E-state index is -3.81. The maximum atomic E-state index is 14.1. The third kappa shape index (κ3) is 8.69. The van der Waals surface area contributed by atoms with Crippen LogP contribution in [0.5, 0.6) is 5.75 Å². The first-order valence-electron chi connectivity index (χ1n) is 16.0.